The molecule has 1 rings (SSSR count). The quantitative estimate of drug-likeness (QED) is 0.807. The molecule has 5 heteroatoms. The van der Waals surface area contributed by atoms with E-state index in [-0.39, 0.29) is 23.7 Å². The van der Waals surface area contributed by atoms with E-state index in [2.05, 4.69) is 26.1 Å². The maximum absolute atomic E-state index is 12.0. The summed E-state index contributed by atoms with van der Waals surface area (Å²) in [6, 6.07) is 6.65. The van der Waals surface area contributed by atoms with E-state index >= 15 is 0 Å². The molecular formula is C17H24ClNO3. The van der Waals surface area contributed by atoms with Crippen molar-refractivity contribution in [1.29, 1.82) is 0 Å². The number of carbonyl (C=O) groups excluding carboxylic acids is 2. The van der Waals surface area contributed by atoms with Gasteiger partial charge < -0.3 is 10.1 Å². The molecule has 0 saturated carbocycles. The van der Waals surface area contributed by atoms with Crippen molar-refractivity contribution in [3.8, 4) is 0 Å². The number of nitrogens with one attached hydrogen (secondary N) is 1. The fraction of sp³-hybridized carbons (Fsp3) is 0.529. The average Bonchev–Trinajstić information content (AvgIpc) is 2.36. The molecule has 4 nitrogen and oxygen atoms in total. The SMILES string of the molecule is CC(=O)NC(CC(=O)OCCC(C)(C)C)c1ccc(Cl)cc1. The van der Waals surface area contributed by atoms with Gasteiger partial charge in [-0.2, -0.15) is 0 Å². The standard InChI is InChI=1S/C17H24ClNO3/c1-12(20)19-15(13-5-7-14(18)8-6-13)11-16(21)22-10-9-17(2,3)4/h5-8,15H,9-11H2,1-4H3,(H,19,20). The Morgan fingerprint density at radius 3 is 2.32 bits per heavy atom. The van der Waals surface area contributed by atoms with Crippen LogP contribution in [-0.2, 0) is 14.3 Å². The minimum Gasteiger partial charge on any atom is -0.466 e. The minimum atomic E-state index is -0.406. The van der Waals surface area contributed by atoms with Crippen LogP contribution in [0, 0.1) is 5.41 Å². The van der Waals surface area contributed by atoms with Gasteiger partial charge in [0.05, 0.1) is 19.1 Å². The number of esters is 1. The maximum Gasteiger partial charge on any atom is 0.308 e. The van der Waals surface area contributed by atoms with Crippen molar-refractivity contribution in [2.45, 2.75) is 46.6 Å². The molecule has 1 unspecified atom stereocenters. The highest BCUT2D eigenvalue weighted by molar-refractivity contribution is 6.30. The predicted octanol–water partition coefficient (Wildman–Crippen LogP) is 3.89. The highest BCUT2D eigenvalue weighted by Crippen LogP contribution is 2.21. The van der Waals surface area contributed by atoms with Gasteiger partial charge in [0, 0.05) is 11.9 Å². The molecule has 0 aliphatic carbocycles. The maximum atomic E-state index is 12.0. The summed E-state index contributed by atoms with van der Waals surface area (Å²) in [5.74, 6) is -0.514. The van der Waals surface area contributed by atoms with Crippen molar-refractivity contribution in [2.75, 3.05) is 6.61 Å². The summed E-state index contributed by atoms with van der Waals surface area (Å²) < 4.78 is 5.26. The molecule has 0 aromatic heterocycles. The first-order chi connectivity index (χ1) is 10.2. The molecule has 0 spiro atoms. The van der Waals surface area contributed by atoms with Crippen molar-refractivity contribution >= 4 is 23.5 Å². The second-order valence-electron chi connectivity index (χ2n) is 6.54. The lowest BCUT2D eigenvalue weighted by Gasteiger charge is -2.20. The summed E-state index contributed by atoms with van der Waals surface area (Å²) in [5, 5.41) is 3.38. The lowest BCUT2D eigenvalue weighted by molar-refractivity contribution is -0.145. The zero-order valence-corrected chi connectivity index (χ0v) is 14.4. The van der Waals surface area contributed by atoms with E-state index in [4.69, 9.17) is 16.3 Å². The van der Waals surface area contributed by atoms with Crippen LogP contribution in [0.2, 0.25) is 5.02 Å². The number of carbonyl (C=O) groups is 2. The Hall–Kier alpha value is -1.55. The molecule has 1 amide bonds. The van der Waals surface area contributed by atoms with Gasteiger partial charge in [-0.05, 0) is 29.5 Å². The van der Waals surface area contributed by atoms with Gasteiger partial charge >= 0.3 is 5.97 Å². The molecule has 22 heavy (non-hydrogen) atoms. The number of ether oxygens (including phenoxy) is 1. The van der Waals surface area contributed by atoms with Crippen LogP contribution in [0.4, 0.5) is 0 Å². The molecule has 0 fully saturated rings. The number of halogens is 1. The Kier molecular flexibility index (Phi) is 6.88. The van der Waals surface area contributed by atoms with E-state index in [1.807, 2.05) is 0 Å². The Morgan fingerprint density at radius 1 is 1.23 bits per heavy atom. The van der Waals surface area contributed by atoms with Gasteiger partial charge in [-0.1, -0.05) is 44.5 Å². The van der Waals surface area contributed by atoms with Crippen molar-refractivity contribution in [1.82, 2.24) is 5.32 Å². The predicted molar refractivity (Wildman–Crippen MR) is 87.7 cm³/mol. The van der Waals surface area contributed by atoms with Gasteiger partial charge in [0.15, 0.2) is 0 Å². The Labute approximate surface area is 137 Å². The minimum absolute atomic E-state index is 0.103. The fourth-order valence-electron chi connectivity index (χ4n) is 1.89. The largest absolute Gasteiger partial charge is 0.466 e. The van der Waals surface area contributed by atoms with Gasteiger partial charge in [0.1, 0.15) is 0 Å². The Balaban J connectivity index is 2.63. The Bertz CT molecular complexity index is 506. The second-order valence-corrected chi connectivity index (χ2v) is 6.98. The van der Waals surface area contributed by atoms with E-state index in [0.29, 0.717) is 11.6 Å². The number of benzene rings is 1. The van der Waals surface area contributed by atoms with Crippen LogP contribution >= 0.6 is 11.6 Å². The number of rotatable bonds is 6. The molecule has 0 heterocycles. The summed E-state index contributed by atoms with van der Waals surface area (Å²) in [4.78, 5) is 23.3. The summed E-state index contributed by atoms with van der Waals surface area (Å²) in [7, 11) is 0. The average molecular weight is 326 g/mol. The molecule has 0 radical (unpaired) electrons. The molecule has 1 atom stereocenters. The molecular weight excluding hydrogens is 302 g/mol. The van der Waals surface area contributed by atoms with Gasteiger partial charge in [-0.25, -0.2) is 0 Å². The van der Waals surface area contributed by atoms with Gasteiger partial charge in [0.25, 0.3) is 0 Å². The molecule has 0 bridgehead atoms. The summed E-state index contributed by atoms with van der Waals surface area (Å²) in [5.41, 5.74) is 0.945. The highest BCUT2D eigenvalue weighted by Gasteiger charge is 2.19. The van der Waals surface area contributed by atoms with Crippen molar-refractivity contribution in [2.24, 2.45) is 5.41 Å². The van der Waals surface area contributed by atoms with Gasteiger partial charge in [-0.15, -0.1) is 0 Å². The van der Waals surface area contributed by atoms with E-state index < -0.39 is 6.04 Å². The lowest BCUT2D eigenvalue weighted by Crippen LogP contribution is -2.28. The summed E-state index contributed by atoms with van der Waals surface area (Å²) in [6.45, 7) is 8.08. The van der Waals surface area contributed by atoms with Crippen molar-refractivity contribution in [3.05, 3.63) is 34.9 Å². The number of hydrogen-bond acceptors (Lipinski definition) is 3. The first-order valence-electron chi connectivity index (χ1n) is 7.35. The number of amides is 1. The monoisotopic (exact) mass is 325 g/mol. The van der Waals surface area contributed by atoms with Crippen molar-refractivity contribution in [3.63, 3.8) is 0 Å². The molecule has 0 aliphatic heterocycles. The van der Waals surface area contributed by atoms with E-state index in [1.165, 1.54) is 6.92 Å². The zero-order chi connectivity index (χ0) is 16.8. The van der Waals surface area contributed by atoms with Gasteiger partial charge in [-0.3, -0.25) is 9.59 Å². The van der Waals surface area contributed by atoms with E-state index in [1.54, 1.807) is 24.3 Å². The lowest BCUT2D eigenvalue weighted by atomic mass is 9.93. The smallest absolute Gasteiger partial charge is 0.308 e. The zero-order valence-electron chi connectivity index (χ0n) is 13.6. The van der Waals surface area contributed by atoms with Crippen molar-refractivity contribution < 1.29 is 14.3 Å². The molecule has 1 aromatic rings. The topological polar surface area (TPSA) is 55.4 Å². The third-order valence-corrected chi connectivity index (χ3v) is 3.39. The second kappa shape index (κ2) is 8.18. The first kappa shape index (κ1) is 18.5. The fourth-order valence-corrected chi connectivity index (χ4v) is 2.02. The van der Waals surface area contributed by atoms with Crippen LogP contribution in [0.3, 0.4) is 0 Å². The molecule has 0 saturated heterocycles. The highest BCUT2D eigenvalue weighted by atomic mass is 35.5. The normalized spacial score (nSPS) is 12.6. The Morgan fingerprint density at radius 2 is 1.82 bits per heavy atom. The molecule has 122 valence electrons. The van der Waals surface area contributed by atoms with Crippen LogP contribution in [0.25, 0.3) is 0 Å². The van der Waals surface area contributed by atoms with E-state index in [9.17, 15) is 9.59 Å². The molecule has 1 aromatic carbocycles. The van der Waals surface area contributed by atoms with Crippen LogP contribution in [-0.4, -0.2) is 18.5 Å². The molecule has 0 aliphatic rings. The van der Waals surface area contributed by atoms with E-state index in [0.717, 1.165) is 12.0 Å². The van der Waals surface area contributed by atoms with Crippen LogP contribution in [0.15, 0.2) is 24.3 Å². The van der Waals surface area contributed by atoms with Crippen LogP contribution < -0.4 is 5.32 Å². The number of hydrogen-bond donors (Lipinski definition) is 1. The summed E-state index contributed by atoms with van der Waals surface area (Å²) in [6.07, 6.45) is 0.899. The third-order valence-electron chi connectivity index (χ3n) is 3.14. The summed E-state index contributed by atoms with van der Waals surface area (Å²) >= 11 is 5.86. The van der Waals surface area contributed by atoms with Crippen LogP contribution in [0.5, 0.6) is 0 Å². The first-order valence-corrected chi connectivity index (χ1v) is 7.73. The third kappa shape index (κ3) is 7.46. The van der Waals surface area contributed by atoms with Gasteiger partial charge in [0.2, 0.25) is 5.91 Å². The van der Waals surface area contributed by atoms with Crippen LogP contribution in [0.1, 0.15) is 52.1 Å². The molecule has 1 N–H and O–H groups in total.